The van der Waals surface area contributed by atoms with Gasteiger partial charge >= 0.3 is 6.09 Å². The summed E-state index contributed by atoms with van der Waals surface area (Å²) in [6.07, 6.45) is 2.07. The second-order valence-corrected chi connectivity index (χ2v) is 4.03. The van der Waals surface area contributed by atoms with Gasteiger partial charge in [-0.25, -0.2) is 4.79 Å². The summed E-state index contributed by atoms with van der Waals surface area (Å²) in [6.45, 7) is 8.41. The van der Waals surface area contributed by atoms with E-state index in [-0.39, 0.29) is 6.09 Å². The van der Waals surface area contributed by atoms with Crippen LogP contribution in [0, 0.1) is 5.41 Å². The van der Waals surface area contributed by atoms with Crippen molar-refractivity contribution in [3.05, 3.63) is 0 Å². The number of carbonyl (C=O) groups is 1. The Balaban J connectivity index is 2.45. The molecule has 1 rings (SSSR count). The smallest absolute Gasteiger partial charge is 0.409 e. The number of ether oxygens (including phenoxy) is 1. The van der Waals surface area contributed by atoms with Crippen LogP contribution in [0.3, 0.4) is 0 Å². The van der Waals surface area contributed by atoms with Crippen LogP contribution in [-0.4, -0.2) is 30.7 Å². The molecule has 1 saturated heterocycles. The highest BCUT2D eigenvalue weighted by Crippen LogP contribution is 2.33. The Hall–Kier alpha value is -0.730. The molecule has 0 saturated carbocycles. The molecule has 1 fully saturated rings. The van der Waals surface area contributed by atoms with E-state index in [2.05, 4.69) is 13.8 Å². The van der Waals surface area contributed by atoms with Crippen LogP contribution in [0.4, 0.5) is 4.79 Å². The highest BCUT2D eigenvalue weighted by Gasteiger charge is 2.34. The average Bonchev–Trinajstić information content (AvgIpc) is 2.50. The zero-order valence-corrected chi connectivity index (χ0v) is 8.80. The van der Waals surface area contributed by atoms with Crippen molar-refractivity contribution in [1.29, 1.82) is 0 Å². The maximum absolute atomic E-state index is 11.4. The predicted molar refractivity (Wildman–Crippen MR) is 51.6 cm³/mol. The molecule has 13 heavy (non-hydrogen) atoms. The third kappa shape index (κ3) is 2.36. The van der Waals surface area contributed by atoms with Gasteiger partial charge in [0.1, 0.15) is 0 Å². The van der Waals surface area contributed by atoms with Crippen molar-refractivity contribution < 1.29 is 9.53 Å². The zero-order valence-electron chi connectivity index (χ0n) is 8.80. The number of nitrogens with zero attached hydrogens (tertiary/aromatic N) is 1. The van der Waals surface area contributed by atoms with Gasteiger partial charge in [0, 0.05) is 13.1 Å². The molecule has 0 aromatic rings. The fraction of sp³-hybridized carbons (Fsp3) is 0.900. The lowest BCUT2D eigenvalue weighted by Gasteiger charge is -2.22. The standard InChI is InChI=1S/C10H19NO2/c1-4-10(3)6-7-11(8-10)9(12)13-5-2/h4-8H2,1-3H3/t10-/m0/s1. The van der Waals surface area contributed by atoms with Crippen LogP contribution < -0.4 is 0 Å². The van der Waals surface area contributed by atoms with Crippen molar-refractivity contribution in [3.8, 4) is 0 Å². The zero-order chi connectivity index (χ0) is 9.90. The fourth-order valence-corrected chi connectivity index (χ4v) is 1.68. The first-order valence-corrected chi connectivity index (χ1v) is 5.03. The third-order valence-electron chi connectivity index (χ3n) is 2.94. The van der Waals surface area contributed by atoms with Crippen molar-refractivity contribution in [3.63, 3.8) is 0 Å². The SMILES string of the molecule is CCOC(=O)N1CC[C@](C)(CC)C1. The molecule has 0 bridgehead atoms. The minimum absolute atomic E-state index is 0.153. The van der Waals surface area contributed by atoms with E-state index in [1.807, 2.05) is 11.8 Å². The van der Waals surface area contributed by atoms with Crippen molar-refractivity contribution in [2.45, 2.75) is 33.6 Å². The summed E-state index contributed by atoms with van der Waals surface area (Å²) in [4.78, 5) is 13.2. The number of likely N-dealkylation sites (tertiary alicyclic amines) is 1. The van der Waals surface area contributed by atoms with Crippen LogP contribution in [0.1, 0.15) is 33.6 Å². The summed E-state index contributed by atoms with van der Waals surface area (Å²) < 4.78 is 4.95. The molecule has 0 aromatic carbocycles. The summed E-state index contributed by atoms with van der Waals surface area (Å²) >= 11 is 0. The second-order valence-electron chi connectivity index (χ2n) is 4.03. The molecular formula is C10H19NO2. The van der Waals surface area contributed by atoms with Gasteiger partial charge in [0.25, 0.3) is 0 Å². The van der Waals surface area contributed by atoms with Crippen LogP contribution >= 0.6 is 0 Å². The van der Waals surface area contributed by atoms with E-state index in [9.17, 15) is 4.79 Å². The molecule has 3 heteroatoms. The lowest BCUT2D eigenvalue weighted by Crippen LogP contribution is -2.31. The van der Waals surface area contributed by atoms with Crippen molar-refractivity contribution in [2.24, 2.45) is 5.41 Å². The first-order valence-electron chi connectivity index (χ1n) is 5.03. The van der Waals surface area contributed by atoms with Gasteiger partial charge in [-0.1, -0.05) is 13.8 Å². The Bertz CT molecular complexity index is 193. The predicted octanol–water partition coefficient (Wildman–Crippen LogP) is 2.26. The Kier molecular flexibility index (Phi) is 3.17. The molecule has 0 radical (unpaired) electrons. The summed E-state index contributed by atoms with van der Waals surface area (Å²) in [5.41, 5.74) is 0.312. The number of hydrogen-bond donors (Lipinski definition) is 0. The summed E-state index contributed by atoms with van der Waals surface area (Å²) in [6, 6.07) is 0. The van der Waals surface area contributed by atoms with Crippen LogP contribution in [0.15, 0.2) is 0 Å². The van der Waals surface area contributed by atoms with E-state index in [1.165, 1.54) is 0 Å². The van der Waals surface area contributed by atoms with E-state index in [4.69, 9.17) is 4.74 Å². The van der Waals surface area contributed by atoms with Crippen LogP contribution in [0.25, 0.3) is 0 Å². The van der Waals surface area contributed by atoms with Gasteiger partial charge in [-0.05, 0) is 25.2 Å². The molecule has 1 aliphatic heterocycles. The van der Waals surface area contributed by atoms with Crippen LogP contribution in [-0.2, 0) is 4.74 Å². The largest absolute Gasteiger partial charge is 0.450 e. The molecule has 1 atom stereocenters. The number of rotatable bonds is 2. The molecule has 0 N–H and O–H groups in total. The van der Waals surface area contributed by atoms with Gasteiger partial charge < -0.3 is 9.64 Å². The minimum atomic E-state index is -0.153. The Morgan fingerprint density at radius 3 is 2.69 bits per heavy atom. The number of amides is 1. The van der Waals surface area contributed by atoms with Gasteiger partial charge in [-0.3, -0.25) is 0 Å². The van der Waals surface area contributed by atoms with Gasteiger partial charge in [-0.2, -0.15) is 0 Å². The lowest BCUT2D eigenvalue weighted by atomic mass is 9.87. The number of carbonyl (C=O) groups excluding carboxylic acids is 1. The summed E-state index contributed by atoms with van der Waals surface area (Å²) in [7, 11) is 0. The minimum Gasteiger partial charge on any atom is -0.450 e. The normalized spacial score (nSPS) is 27.8. The van der Waals surface area contributed by atoms with Gasteiger partial charge in [0.05, 0.1) is 6.61 Å². The molecular weight excluding hydrogens is 166 g/mol. The van der Waals surface area contributed by atoms with Crippen molar-refractivity contribution >= 4 is 6.09 Å². The monoisotopic (exact) mass is 185 g/mol. The molecule has 0 aliphatic carbocycles. The first kappa shape index (κ1) is 10.4. The molecule has 1 amide bonds. The maximum atomic E-state index is 11.4. The molecule has 76 valence electrons. The van der Waals surface area contributed by atoms with E-state index >= 15 is 0 Å². The molecule has 1 heterocycles. The molecule has 0 spiro atoms. The molecule has 3 nitrogen and oxygen atoms in total. The molecule has 1 aliphatic rings. The fourth-order valence-electron chi connectivity index (χ4n) is 1.68. The maximum Gasteiger partial charge on any atom is 0.409 e. The third-order valence-corrected chi connectivity index (χ3v) is 2.94. The van der Waals surface area contributed by atoms with Crippen molar-refractivity contribution in [2.75, 3.05) is 19.7 Å². The first-order chi connectivity index (χ1) is 6.11. The lowest BCUT2D eigenvalue weighted by molar-refractivity contribution is 0.111. The highest BCUT2D eigenvalue weighted by atomic mass is 16.6. The Labute approximate surface area is 80.1 Å². The average molecular weight is 185 g/mol. The number of hydrogen-bond acceptors (Lipinski definition) is 2. The van der Waals surface area contributed by atoms with E-state index in [0.29, 0.717) is 12.0 Å². The highest BCUT2D eigenvalue weighted by molar-refractivity contribution is 5.68. The summed E-state index contributed by atoms with van der Waals surface area (Å²) in [5, 5.41) is 0. The summed E-state index contributed by atoms with van der Waals surface area (Å²) in [5.74, 6) is 0. The topological polar surface area (TPSA) is 29.5 Å². The van der Waals surface area contributed by atoms with Gasteiger partial charge in [0.15, 0.2) is 0 Å². The van der Waals surface area contributed by atoms with Crippen LogP contribution in [0.5, 0.6) is 0 Å². The molecule has 0 aromatic heterocycles. The Morgan fingerprint density at radius 2 is 2.23 bits per heavy atom. The molecule has 0 unspecified atom stereocenters. The van der Waals surface area contributed by atoms with Crippen LogP contribution in [0.2, 0.25) is 0 Å². The van der Waals surface area contributed by atoms with E-state index < -0.39 is 0 Å². The second kappa shape index (κ2) is 3.99. The van der Waals surface area contributed by atoms with E-state index in [0.717, 1.165) is 25.9 Å². The van der Waals surface area contributed by atoms with Crippen molar-refractivity contribution in [1.82, 2.24) is 4.90 Å². The van der Waals surface area contributed by atoms with Gasteiger partial charge in [-0.15, -0.1) is 0 Å². The quantitative estimate of drug-likeness (QED) is 0.660. The van der Waals surface area contributed by atoms with Gasteiger partial charge in [0.2, 0.25) is 0 Å². The van der Waals surface area contributed by atoms with E-state index in [1.54, 1.807) is 0 Å². The Morgan fingerprint density at radius 1 is 1.54 bits per heavy atom.